The van der Waals surface area contributed by atoms with Crippen molar-refractivity contribution >= 4 is 33.2 Å². The van der Waals surface area contributed by atoms with Gasteiger partial charge >= 0.3 is 0 Å². The van der Waals surface area contributed by atoms with E-state index in [0.29, 0.717) is 35.7 Å². The topological polar surface area (TPSA) is 55.2 Å². The van der Waals surface area contributed by atoms with Gasteiger partial charge in [0.15, 0.2) is 0 Å². The van der Waals surface area contributed by atoms with Gasteiger partial charge in [0, 0.05) is 15.5 Å². The Hall–Kier alpha value is -1.76. The number of hydrogen-bond acceptors (Lipinski definition) is 5. The monoisotopic (exact) mass is 420 g/mol. The molecular formula is C21H22ClFN2O2S. The van der Waals surface area contributed by atoms with Gasteiger partial charge in [-0.15, -0.1) is 11.3 Å². The average Bonchev–Trinajstić information content (AvgIpc) is 3.29. The van der Waals surface area contributed by atoms with E-state index in [1.807, 2.05) is 32.0 Å². The number of halogens is 2. The van der Waals surface area contributed by atoms with Crippen LogP contribution < -0.4 is 4.74 Å². The number of alkyl halides is 1. The first-order valence-corrected chi connectivity index (χ1v) is 10.7. The first-order valence-electron chi connectivity index (χ1n) is 9.51. The van der Waals surface area contributed by atoms with Crippen LogP contribution in [0, 0.1) is 6.92 Å². The Bertz CT molecular complexity index is 1010. The number of rotatable bonds is 5. The summed E-state index contributed by atoms with van der Waals surface area (Å²) < 4.78 is 21.2. The Balaban J connectivity index is 1.85. The summed E-state index contributed by atoms with van der Waals surface area (Å²) in [6.45, 7) is 3.84. The lowest BCUT2D eigenvalue weighted by molar-refractivity contribution is 0.125. The highest BCUT2D eigenvalue weighted by Gasteiger charge is 2.30. The zero-order valence-electron chi connectivity index (χ0n) is 15.8. The third kappa shape index (κ3) is 3.61. The molecule has 3 atom stereocenters. The molecule has 1 unspecified atom stereocenters. The second kappa shape index (κ2) is 7.93. The molecule has 1 aromatic carbocycles. The molecule has 0 radical (unpaired) electrons. The van der Waals surface area contributed by atoms with E-state index in [9.17, 15) is 9.50 Å². The van der Waals surface area contributed by atoms with Crippen molar-refractivity contribution < 1.29 is 14.2 Å². The third-order valence-corrected chi connectivity index (χ3v) is 6.63. The molecule has 0 saturated heterocycles. The molecule has 28 heavy (non-hydrogen) atoms. The average molecular weight is 421 g/mol. The lowest BCUT2D eigenvalue weighted by atomic mass is 10.1. The van der Waals surface area contributed by atoms with Crippen LogP contribution in [0.1, 0.15) is 49.2 Å². The molecule has 1 fully saturated rings. The van der Waals surface area contributed by atoms with Crippen LogP contribution in [0.4, 0.5) is 4.39 Å². The summed E-state index contributed by atoms with van der Waals surface area (Å²) in [4.78, 5) is 9.69. The Morgan fingerprint density at radius 2 is 2.14 bits per heavy atom. The van der Waals surface area contributed by atoms with Gasteiger partial charge in [0.1, 0.15) is 24.4 Å². The lowest BCUT2D eigenvalue weighted by Gasteiger charge is -2.20. The van der Waals surface area contributed by atoms with Gasteiger partial charge in [-0.25, -0.2) is 14.4 Å². The fourth-order valence-electron chi connectivity index (χ4n) is 3.66. The van der Waals surface area contributed by atoms with Crippen molar-refractivity contribution in [3.8, 4) is 17.0 Å². The number of ether oxygens (including phenoxy) is 1. The quantitative estimate of drug-likeness (QED) is 0.547. The summed E-state index contributed by atoms with van der Waals surface area (Å²) in [5.74, 6) is 0.616. The molecule has 0 bridgehead atoms. The van der Waals surface area contributed by atoms with Gasteiger partial charge in [-0.2, -0.15) is 0 Å². The summed E-state index contributed by atoms with van der Waals surface area (Å²) in [6, 6.07) is 5.52. The van der Waals surface area contributed by atoms with E-state index < -0.39 is 18.4 Å². The minimum Gasteiger partial charge on any atom is -0.486 e. The number of fused-ring (bicyclic) bond motifs is 1. The third-order valence-electron chi connectivity index (χ3n) is 5.18. The fourth-order valence-corrected chi connectivity index (χ4v) is 5.11. The van der Waals surface area contributed by atoms with Crippen molar-refractivity contribution in [1.82, 2.24) is 9.97 Å². The van der Waals surface area contributed by atoms with Crippen molar-refractivity contribution in [1.29, 1.82) is 0 Å². The maximum Gasteiger partial charge on any atom is 0.137 e. The molecule has 1 aliphatic carbocycles. The molecule has 0 aliphatic heterocycles. The van der Waals surface area contributed by atoms with Gasteiger partial charge < -0.3 is 9.84 Å². The molecule has 1 N–H and O–H groups in total. The number of aliphatic hydroxyl groups is 1. The molecule has 2 heterocycles. The molecular weight excluding hydrogens is 399 g/mol. The smallest absolute Gasteiger partial charge is 0.137 e. The summed E-state index contributed by atoms with van der Waals surface area (Å²) in [5, 5.41) is 10.8. The zero-order chi connectivity index (χ0) is 19.8. The molecule has 2 aromatic heterocycles. The van der Waals surface area contributed by atoms with E-state index in [1.165, 1.54) is 17.7 Å². The van der Waals surface area contributed by atoms with Crippen LogP contribution in [0.3, 0.4) is 0 Å². The molecule has 3 aromatic rings. The van der Waals surface area contributed by atoms with Crippen LogP contribution >= 0.6 is 22.9 Å². The SMILES string of the molecule is CCC(O)c1cc2ncnc(-c3cc(Cl)cc(C)c3O[C@@H]3CCC[C@@H]3F)c2s1. The normalized spacial score (nSPS) is 20.6. The van der Waals surface area contributed by atoms with E-state index in [1.54, 1.807) is 0 Å². The maximum atomic E-state index is 14.2. The second-order valence-electron chi connectivity index (χ2n) is 7.21. The van der Waals surface area contributed by atoms with Gasteiger partial charge in [0.25, 0.3) is 0 Å². The Morgan fingerprint density at radius 1 is 1.32 bits per heavy atom. The minimum atomic E-state index is -0.957. The molecule has 7 heteroatoms. The number of aromatic nitrogens is 2. The first-order chi connectivity index (χ1) is 13.5. The van der Waals surface area contributed by atoms with Crippen LogP contribution in [0.5, 0.6) is 5.75 Å². The Labute approximate surface area is 172 Å². The molecule has 1 saturated carbocycles. The van der Waals surface area contributed by atoms with Gasteiger partial charge in [0.05, 0.1) is 22.0 Å². The van der Waals surface area contributed by atoms with Gasteiger partial charge in [-0.1, -0.05) is 18.5 Å². The number of nitrogens with zero attached hydrogens (tertiary/aromatic N) is 2. The first kappa shape index (κ1) is 19.6. The molecule has 0 spiro atoms. The van der Waals surface area contributed by atoms with Gasteiger partial charge in [0.2, 0.25) is 0 Å². The van der Waals surface area contributed by atoms with Gasteiger partial charge in [-0.3, -0.25) is 0 Å². The van der Waals surface area contributed by atoms with Crippen LogP contribution in [0.25, 0.3) is 21.5 Å². The summed E-state index contributed by atoms with van der Waals surface area (Å²) in [6.07, 6.45) is 2.25. The molecule has 4 rings (SSSR count). The molecule has 4 nitrogen and oxygen atoms in total. The van der Waals surface area contributed by atoms with E-state index in [0.717, 1.165) is 32.6 Å². The summed E-state index contributed by atoms with van der Waals surface area (Å²) in [5.41, 5.74) is 3.04. The van der Waals surface area contributed by atoms with E-state index in [-0.39, 0.29) is 0 Å². The highest BCUT2D eigenvalue weighted by molar-refractivity contribution is 7.19. The van der Waals surface area contributed by atoms with Crippen LogP contribution in [-0.2, 0) is 0 Å². The van der Waals surface area contributed by atoms with E-state index >= 15 is 0 Å². The number of aliphatic hydroxyl groups excluding tert-OH is 1. The van der Waals surface area contributed by atoms with E-state index in [2.05, 4.69) is 9.97 Å². The Morgan fingerprint density at radius 3 is 2.86 bits per heavy atom. The van der Waals surface area contributed by atoms with Gasteiger partial charge in [-0.05, 0) is 56.4 Å². The predicted octanol–water partition coefficient (Wildman–Crippen LogP) is 6.03. The van der Waals surface area contributed by atoms with Crippen LogP contribution in [0.15, 0.2) is 24.5 Å². The largest absolute Gasteiger partial charge is 0.486 e. The van der Waals surface area contributed by atoms with Crippen LogP contribution in [0.2, 0.25) is 5.02 Å². The van der Waals surface area contributed by atoms with Crippen molar-refractivity contribution in [3.63, 3.8) is 0 Å². The fraction of sp³-hybridized carbons (Fsp3) is 0.429. The van der Waals surface area contributed by atoms with Crippen molar-refractivity contribution in [2.75, 3.05) is 0 Å². The van der Waals surface area contributed by atoms with Crippen molar-refractivity contribution in [3.05, 3.63) is 40.0 Å². The van der Waals surface area contributed by atoms with E-state index in [4.69, 9.17) is 16.3 Å². The van der Waals surface area contributed by atoms with Crippen molar-refractivity contribution in [2.24, 2.45) is 0 Å². The predicted molar refractivity (Wildman–Crippen MR) is 111 cm³/mol. The number of hydrogen-bond donors (Lipinski definition) is 1. The number of aryl methyl sites for hydroxylation is 1. The second-order valence-corrected chi connectivity index (χ2v) is 8.73. The highest BCUT2D eigenvalue weighted by atomic mass is 35.5. The van der Waals surface area contributed by atoms with Crippen molar-refractivity contribution in [2.45, 2.75) is 57.9 Å². The highest BCUT2D eigenvalue weighted by Crippen LogP contribution is 2.42. The maximum absolute atomic E-state index is 14.2. The zero-order valence-corrected chi connectivity index (χ0v) is 17.4. The minimum absolute atomic E-state index is 0.447. The molecule has 0 amide bonds. The summed E-state index contributed by atoms with van der Waals surface area (Å²) in [7, 11) is 0. The summed E-state index contributed by atoms with van der Waals surface area (Å²) >= 11 is 7.80. The van der Waals surface area contributed by atoms with Crippen LogP contribution in [-0.4, -0.2) is 27.4 Å². The Kier molecular flexibility index (Phi) is 5.54. The number of benzene rings is 1. The molecule has 148 valence electrons. The lowest BCUT2D eigenvalue weighted by Crippen LogP contribution is -2.23. The molecule has 1 aliphatic rings. The standard InChI is InChI=1S/C21H22ClFN2O2S/c1-3-16(26)18-9-15-21(28-18)19(25-10-24-15)13-8-12(22)7-11(2)20(13)27-17-6-4-5-14(17)23/h7-10,14,16-17,26H,3-6H2,1-2H3/t14-,16?,17+/m0/s1. The number of thiophene rings is 1.